The van der Waals surface area contributed by atoms with Gasteiger partial charge in [-0.3, -0.25) is 0 Å². The molecular weight excluding hydrogens is 326 g/mol. The Morgan fingerprint density at radius 2 is 1.62 bits per heavy atom. The molecule has 5 nitrogen and oxygen atoms in total. The minimum Gasteiger partial charge on any atom is -0.497 e. The molecule has 3 rings (SSSR count). The van der Waals surface area contributed by atoms with Crippen molar-refractivity contribution in [3.63, 3.8) is 0 Å². The van der Waals surface area contributed by atoms with E-state index >= 15 is 0 Å². The first kappa shape index (κ1) is 16.8. The van der Waals surface area contributed by atoms with Gasteiger partial charge in [-0.1, -0.05) is 6.07 Å². The van der Waals surface area contributed by atoms with Crippen molar-refractivity contribution in [2.45, 2.75) is 30.7 Å². The van der Waals surface area contributed by atoms with E-state index in [0.717, 1.165) is 30.4 Å². The molecule has 128 valence electrons. The van der Waals surface area contributed by atoms with E-state index in [1.165, 1.54) is 5.56 Å². The molecule has 0 saturated heterocycles. The van der Waals surface area contributed by atoms with E-state index in [2.05, 4.69) is 4.72 Å². The van der Waals surface area contributed by atoms with Gasteiger partial charge in [0, 0.05) is 12.6 Å². The molecule has 2 aromatic rings. The Labute approximate surface area is 142 Å². The molecule has 0 atom stereocenters. The van der Waals surface area contributed by atoms with E-state index in [9.17, 15) is 8.42 Å². The highest BCUT2D eigenvalue weighted by molar-refractivity contribution is 7.89. The van der Waals surface area contributed by atoms with E-state index in [0.29, 0.717) is 16.4 Å². The van der Waals surface area contributed by atoms with Crippen molar-refractivity contribution >= 4 is 10.0 Å². The number of aryl methyl sites for hydroxylation is 2. The lowest BCUT2D eigenvalue weighted by Crippen LogP contribution is -2.23. The summed E-state index contributed by atoms with van der Waals surface area (Å²) in [6, 6.07) is 10.7. The fourth-order valence-corrected chi connectivity index (χ4v) is 4.01. The van der Waals surface area contributed by atoms with Crippen LogP contribution in [0.1, 0.15) is 23.1 Å². The van der Waals surface area contributed by atoms with Gasteiger partial charge >= 0.3 is 0 Å². The molecule has 0 fully saturated rings. The van der Waals surface area contributed by atoms with Gasteiger partial charge in [-0.25, -0.2) is 13.1 Å². The normalized spacial score (nSPS) is 13.6. The maximum absolute atomic E-state index is 12.5. The lowest BCUT2D eigenvalue weighted by atomic mass is 10.1. The first-order valence-corrected chi connectivity index (χ1v) is 9.33. The highest BCUT2D eigenvalue weighted by Gasteiger charge is 2.18. The Morgan fingerprint density at radius 1 is 0.958 bits per heavy atom. The van der Waals surface area contributed by atoms with Crippen LogP contribution in [0.15, 0.2) is 41.3 Å². The number of ether oxygens (including phenoxy) is 2. The summed E-state index contributed by atoms with van der Waals surface area (Å²) < 4.78 is 38.1. The first-order valence-electron chi connectivity index (χ1n) is 7.85. The Balaban J connectivity index is 1.78. The third kappa shape index (κ3) is 3.55. The van der Waals surface area contributed by atoms with Crippen LogP contribution in [-0.2, 0) is 29.4 Å². The van der Waals surface area contributed by atoms with Gasteiger partial charge in [0.15, 0.2) is 0 Å². The van der Waals surface area contributed by atoms with Crippen LogP contribution in [0.3, 0.4) is 0 Å². The molecule has 24 heavy (non-hydrogen) atoms. The monoisotopic (exact) mass is 347 g/mol. The quantitative estimate of drug-likeness (QED) is 0.872. The number of fused-ring (bicyclic) bond motifs is 1. The van der Waals surface area contributed by atoms with E-state index in [1.807, 2.05) is 6.07 Å². The summed E-state index contributed by atoms with van der Waals surface area (Å²) in [5.41, 5.74) is 3.17. The maximum Gasteiger partial charge on any atom is 0.240 e. The van der Waals surface area contributed by atoms with E-state index < -0.39 is 10.0 Å². The molecule has 0 spiro atoms. The molecule has 0 amide bonds. The van der Waals surface area contributed by atoms with Gasteiger partial charge in [-0.2, -0.15) is 0 Å². The Kier molecular flexibility index (Phi) is 4.78. The molecule has 0 heterocycles. The number of hydrogen-bond acceptors (Lipinski definition) is 4. The number of rotatable bonds is 6. The summed E-state index contributed by atoms with van der Waals surface area (Å²) >= 11 is 0. The van der Waals surface area contributed by atoms with Gasteiger partial charge in [0.25, 0.3) is 0 Å². The third-order valence-electron chi connectivity index (χ3n) is 4.26. The van der Waals surface area contributed by atoms with Crippen LogP contribution in [0.5, 0.6) is 11.5 Å². The van der Waals surface area contributed by atoms with Crippen LogP contribution in [0.25, 0.3) is 0 Å². The zero-order valence-corrected chi connectivity index (χ0v) is 14.7. The third-order valence-corrected chi connectivity index (χ3v) is 5.66. The fraction of sp³-hybridized carbons (Fsp3) is 0.333. The summed E-state index contributed by atoms with van der Waals surface area (Å²) in [6.45, 7) is 0.174. The molecule has 0 aliphatic heterocycles. The number of benzene rings is 2. The summed E-state index contributed by atoms with van der Waals surface area (Å²) in [4.78, 5) is 0.318. The smallest absolute Gasteiger partial charge is 0.240 e. The van der Waals surface area contributed by atoms with Crippen molar-refractivity contribution in [1.29, 1.82) is 0 Å². The van der Waals surface area contributed by atoms with E-state index in [1.54, 1.807) is 44.6 Å². The average Bonchev–Trinajstić information content (AvgIpc) is 3.07. The fourth-order valence-electron chi connectivity index (χ4n) is 2.95. The van der Waals surface area contributed by atoms with Crippen molar-refractivity contribution in [3.05, 3.63) is 53.1 Å². The summed E-state index contributed by atoms with van der Waals surface area (Å²) in [7, 11) is -0.425. The summed E-state index contributed by atoms with van der Waals surface area (Å²) in [5.74, 6) is 1.25. The standard InChI is InChI=1S/C18H21NO4S/c1-22-16-8-13(9-17(11-16)23-2)12-19-24(20,21)18-7-6-14-4-3-5-15(14)10-18/h6-11,19H,3-5,12H2,1-2H3. The average molecular weight is 347 g/mol. The molecule has 1 N–H and O–H groups in total. The van der Waals surface area contributed by atoms with Gasteiger partial charge < -0.3 is 9.47 Å². The van der Waals surface area contributed by atoms with E-state index in [-0.39, 0.29) is 6.54 Å². The molecule has 2 aromatic carbocycles. The van der Waals surface area contributed by atoms with Gasteiger partial charge in [0.2, 0.25) is 10.0 Å². The molecule has 1 aliphatic rings. The molecule has 1 aliphatic carbocycles. The lowest BCUT2D eigenvalue weighted by molar-refractivity contribution is 0.393. The maximum atomic E-state index is 12.5. The molecule has 0 radical (unpaired) electrons. The topological polar surface area (TPSA) is 64.6 Å². The zero-order valence-electron chi connectivity index (χ0n) is 13.8. The lowest BCUT2D eigenvalue weighted by Gasteiger charge is -2.11. The molecule has 0 bridgehead atoms. The predicted octanol–water partition coefficient (Wildman–Crippen LogP) is 2.67. The Morgan fingerprint density at radius 3 is 2.29 bits per heavy atom. The van der Waals surface area contributed by atoms with Crippen molar-refractivity contribution in [1.82, 2.24) is 4.72 Å². The van der Waals surface area contributed by atoms with Gasteiger partial charge in [-0.05, 0) is 60.2 Å². The Hall–Kier alpha value is -2.05. The van der Waals surface area contributed by atoms with Gasteiger partial charge in [0.1, 0.15) is 11.5 Å². The molecular formula is C18H21NO4S. The van der Waals surface area contributed by atoms with Crippen LogP contribution in [-0.4, -0.2) is 22.6 Å². The zero-order chi connectivity index (χ0) is 17.2. The van der Waals surface area contributed by atoms with Crippen molar-refractivity contribution in [3.8, 4) is 11.5 Å². The number of sulfonamides is 1. The van der Waals surface area contributed by atoms with Gasteiger partial charge in [-0.15, -0.1) is 0 Å². The minimum absolute atomic E-state index is 0.174. The highest BCUT2D eigenvalue weighted by Crippen LogP contribution is 2.25. The van der Waals surface area contributed by atoms with Crippen LogP contribution in [0, 0.1) is 0 Å². The van der Waals surface area contributed by atoms with Gasteiger partial charge in [0.05, 0.1) is 19.1 Å². The second kappa shape index (κ2) is 6.83. The summed E-state index contributed by atoms with van der Waals surface area (Å²) in [6.07, 6.45) is 3.08. The first-order chi connectivity index (χ1) is 11.5. The van der Waals surface area contributed by atoms with Crippen molar-refractivity contribution < 1.29 is 17.9 Å². The molecule has 0 aromatic heterocycles. The minimum atomic E-state index is -3.55. The van der Waals surface area contributed by atoms with E-state index in [4.69, 9.17) is 9.47 Å². The number of nitrogens with one attached hydrogen (secondary N) is 1. The predicted molar refractivity (Wildman–Crippen MR) is 92.0 cm³/mol. The second-order valence-corrected chi connectivity index (χ2v) is 7.60. The largest absolute Gasteiger partial charge is 0.497 e. The highest BCUT2D eigenvalue weighted by atomic mass is 32.2. The van der Waals surface area contributed by atoms with Crippen molar-refractivity contribution in [2.24, 2.45) is 0 Å². The van der Waals surface area contributed by atoms with Crippen LogP contribution in [0.2, 0.25) is 0 Å². The second-order valence-electron chi connectivity index (χ2n) is 5.83. The van der Waals surface area contributed by atoms with Crippen LogP contribution in [0.4, 0.5) is 0 Å². The Bertz CT molecular complexity index is 824. The molecule has 6 heteroatoms. The number of hydrogen-bond donors (Lipinski definition) is 1. The van der Waals surface area contributed by atoms with Crippen molar-refractivity contribution in [2.75, 3.05) is 14.2 Å². The van der Waals surface area contributed by atoms with Crippen LogP contribution < -0.4 is 14.2 Å². The number of methoxy groups -OCH3 is 2. The molecule has 0 unspecified atom stereocenters. The molecule has 0 saturated carbocycles. The SMILES string of the molecule is COc1cc(CNS(=O)(=O)c2ccc3c(c2)CCC3)cc(OC)c1. The van der Waals surface area contributed by atoms with Crippen LogP contribution >= 0.6 is 0 Å². The summed E-state index contributed by atoms with van der Waals surface area (Å²) in [5, 5.41) is 0.